The van der Waals surface area contributed by atoms with Gasteiger partial charge in [0, 0.05) is 18.6 Å². The number of hydrogen-bond acceptors (Lipinski definition) is 2. The van der Waals surface area contributed by atoms with Gasteiger partial charge in [0.1, 0.15) is 0 Å². The monoisotopic (exact) mass is 168 g/mol. The summed E-state index contributed by atoms with van der Waals surface area (Å²) in [6.45, 7) is 4.80. The molecule has 1 aliphatic carbocycles. The van der Waals surface area contributed by atoms with Gasteiger partial charge in [0.05, 0.1) is 0 Å². The van der Waals surface area contributed by atoms with Crippen LogP contribution in [0, 0.1) is 5.92 Å². The van der Waals surface area contributed by atoms with Crippen LogP contribution in [0.2, 0.25) is 0 Å². The van der Waals surface area contributed by atoms with Crippen LogP contribution in [0.1, 0.15) is 26.2 Å². The summed E-state index contributed by atoms with van der Waals surface area (Å²) in [5, 5.41) is 3.66. The second kappa shape index (κ2) is 3.35. The minimum absolute atomic E-state index is 0.765. The Kier molecular flexibility index (Phi) is 2.37. The molecular formula is C10H20N2. The van der Waals surface area contributed by atoms with E-state index in [1.807, 2.05) is 0 Å². The van der Waals surface area contributed by atoms with Gasteiger partial charge in [-0.25, -0.2) is 0 Å². The lowest BCUT2D eigenvalue weighted by Gasteiger charge is -2.24. The highest BCUT2D eigenvalue weighted by atomic mass is 15.2. The number of likely N-dealkylation sites (N-methyl/N-ethyl adjacent to an activating group) is 1. The second-order valence-electron chi connectivity index (χ2n) is 4.48. The molecular weight excluding hydrogens is 148 g/mol. The molecule has 1 saturated carbocycles. The van der Waals surface area contributed by atoms with Crippen LogP contribution < -0.4 is 5.32 Å². The molecule has 0 amide bonds. The smallest absolute Gasteiger partial charge is 0.0223 e. The van der Waals surface area contributed by atoms with E-state index in [1.165, 1.54) is 32.4 Å². The maximum absolute atomic E-state index is 3.66. The summed E-state index contributed by atoms with van der Waals surface area (Å²) in [5.41, 5.74) is 0. The SMILES string of the molecule is CC1CCNC(C2CC2)CN1C. The number of rotatable bonds is 1. The molecule has 0 aromatic heterocycles. The van der Waals surface area contributed by atoms with Gasteiger partial charge in [0.2, 0.25) is 0 Å². The molecule has 0 bridgehead atoms. The van der Waals surface area contributed by atoms with E-state index in [2.05, 4.69) is 24.2 Å². The Morgan fingerprint density at radius 3 is 2.67 bits per heavy atom. The Morgan fingerprint density at radius 2 is 2.00 bits per heavy atom. The van der Waals surface area contributed by atoms with Crippen LogP contribution in [0.15, 0.2) is 0 Å². The zero-order valence-corrected chi connectivity index (χ0v) is 8.21. The molecule has 2 nitrogen and oxygen atoms in total. The first-order chi connectivity index (χ1) is 5.77. The van der Waals surface area contributed by atoms with Gasteiger partial charge in [-0.1, -0.05) is 0 Å². The predicted molar refractivity (Wildman–Crippen MR) is 51.2 cm³/mol. The number of hydrogen-bond donors (Lipinski definition) is 1. The van der Waals surface area contributed by atoms with E-state index in [1.54, 1.807) is 0 Å². The topological polar surface area (TPSA) is 15.3 Å². The van der Waals surface area contributed by atoms with Crippen molar-refractivity contribution in [2.75, 3.05) is 20.1 Å². The first-order valence-corrected chi connectivity index (χ1v) is 5.21. The lowest BCUT2D eigenvalue weighted by molar-refractivity contribution is 0.245. The van der Waals surface area contributed by atoms with E-state index in [4.69, 9.17) is 0 Å². The third-order valence-corrected chi connectivity index (χ3v) is 3.40. The molecule has 0 aromatic rings. The minimum atomic E-state index is 0.765. The molecule has 0 aromatic carbocycles. The summed E-state index contributed by atoms with van der Waals surface area (Å²) >= 11 is 0. The number of nitrogens with one attached hydrogen (secondary N) is 1. The van der Waals surface area contributed by atoms with Crippen LogP contribution in [-0.2, 0) is 0 Å². The molecule has 1 N–H and O–H groups in total. The average molecular weight is 168 g/mol. The molecule has 2 aliphatic rings. The fourth-order valence-corrected chi connectivity index (χ4v) is 2.07. The first-order valence-electron chi connectivity index (χ1n) is 5.21. The van der Waals surface area contributed by atoms with Crippen molar-refractivity contribution in [3.8, 4) is 0 Å². The van der Waals surface area contributed by atoms with Gasteiger partial charge < -0.3 is 10.2 Å². The van der Waals surface area contributed by atoms with Crippen molar-refractivity contribution >= 4 is 0 Å². The van der Waals surface area contributed by atoms with Crippen LogP contribution in [-0.4, -0.2) is 37.1 Å². The maximum Gasteiger partial charge on any atom is 0.0223 e. The molecule has 0 spiro atoms. The summed E-state index contributed by atoms with van der Waals surface area (Å²) in [6.07, 6.45) is 4.22. The minimum Gasteiger partial charge on any atom is -0.312 e. The Balaban J connectivity index is 1.90. The fourth-order valence-electron chi connectivity index (χ4n) is 2.07. The van der Waals surface area contributed by atoms with Crippen LogP contribution >= 0.6 is 0 Å². The zero-order valence-electron chi connectivity index (χ0n) is 8.21. The summed E-state index contributed by atoms with van der Waals surface area (Å²) in [7, 11) is 2.26. The Hall–Kier alpha value is -0.0800. The van der Waals surface area contributed by atoms with Gasteiger partial charge in [-0.2, -0.15) is 0 Å². The van der Waals surface area contributed by atoms with Gasteiger partial charge >= 0.3 is 0 Å². The molecule has 2 fully saturated rings. The van der Waals surface area contributed by atoms with Crippen molar-refractivity contribution < 1.29 is 0 Å². The van der Waals surface area contributed by atoms with Gasteiger partial charge in [-0.05, 0) is 45.7 Å². The zero-order chi connectivity index (χ0) is 8.55. The van der Waals surface area contributed by atoms with Gasteiger partial charge in [-0.15, -0.1) is 0 Å². The summed E-state index contributed by atoms with van der Waals surface area (Å²) in [4.78, 5) is 2.50. The Bertz CT molecular complexity index is 154. The Labute approximate surface area is 75.3 Å². The molecule has 2 rings (SSSR count). The highest BCUT2D eigenvalue weighted by Gasteiger charge is 2.33. The van der Waals surface area contributed by atoms with Gasteiger partial charge in [0.25, 0.3) is 0 Å². The van der Waals surface area contributed by atoms with Crippen molar-refractivity contribution in [2.24, 2.45) is 5.92 Å². The van der Waals surface area contributed by atoms with Gasteiger partial charge in [0.15, 0.2) is 0 Å². The molecule has 1 heterocycles. The quantitative estimate of drug-likeness (QED) is 0.630. The predicted octanol–water partition coefficient (Wildman–Crippen LogP) is 1.08. The second-order valence-corrected chi connectivity index (χ2v) is 4.48. The fraction of sp³-hybridized carbons (Fsp3) is 1.00. The first kappa shape index (κ1) is 8.52. The maximum atomic E-state index is 3.66. The molecule has 2 heteroatoms. The third kappa shape index (κ3) is 1.80. The van der Waals surface area contributed by atoms with Crippen molar-refractivity contribution in [3.05, 3.63) is 0 Å². The lowest BCUT2D eigenvalue weighted by Crippen LogP contribution is -2.39. The van der Waals surface area contributed by atoms with Crippen LogP contribution in [0.25, 0.3) is 0 Å². The van der Waals surface area contributed by atoms with E-state index in [0.29, 0.717) is 0 Å². The molecule has 70 valence electrons. The standard InChI is InChI=1S/C10H20N2/c1-8-5-6-11-10(7-12(8)2)9-3-4-9/h8-11H,3-7H2,1-2H3. The number of nitrogens with zero attached hydrogens (tertiary/aromatic N) is 1. The van der Waals surface area contributed by atoms with Crippen LogP contribution in [0.3, 0.4) is 0 Å². The summed E-state index contributed by atoms with van der Waals surface area (Å²) in [5.74, 6) is 0.998. The molecule has 12 heavy (non-hydrogen) atoms. The largest absolute Gasteiger partial charge is 0.312 e. The summed E-state index contributed by atoms with van der Waals surface area (Å²) < 4.78 is 0. The molecule has 2 unspecified atom stereocenters. The normalized spacial score (nSPS) is 39.5. The van der Waals surface area contributed by atoms with Crippen LogP contribution in [0.4, 0.5) is 0 Å². The van der Waals surface area contributed by atoms with E-state index in [-0.39, 0.29) is 0 Å². The third-order valence-electron chi connectivity index (χ3n) is 3.40. The molecule has 1 aliphatic heterocycles. The average Bonchev–Trinajstić information content (AvgIpc) is 2.82. The van der Waals surface area contributed by atoms with E-state index in [9.17, 15) is 0 Å². The lowest BCUT2D eigenvalue weighted by atomic mass is 10.2. The van der Waals surface area contributed by atoms with E-state index >= 15 is 0 Å². The van der Waals surface area contributed by atoms with Crippen molar-refractivity contribution in [3.63, 3.8) is 0 Å². The van der Waals surface area contributed by atoms with E-state index < -0.39 is 0 Å². The van der Waals surface area contributed by atoms with Crippen molar-refractivity contribution in [1.82, 2.24) is 10.2 Å². The molecule has 1 saturated heterocycles. The van der Waals surface area contributed by atoms with Crippen LogP contribution in [0.5, 0.6) is 0 Å². The van der Waals surface area contributed by atoms with Gasteiger partial charge in [-0.3, -0.25) is 0 Å². The van der Waals surface area contributed by atoms with E-state index in [0.717, 1.165) is 18.0 Å². The molecule has 0 radical (unpaired) electrons. The van der Waals surface area contributed by atoms with Crippen molar-refractivity contribution in [2.45, 2.75) is 38.3 Å². The highest BCUT2D eigenvalue weighted by Crippen LogP contribution is 2.33. The van der Waals surface area contributed by atoms with Crippen molar-refractivity contribution in [1.29, 1.82) is 0 Å². The summed E-state index contributed by atoms with van der Waals surface area (Å²) in [6, 6.07) is 1.56. The Morgan fingerprint density at radius 1 is 1.25 bits per heavy atom. The molecule has 2 atom stereocenters. The highest BCUT2D eigenvalue weighted by molar-refractivity contribution is 4.90.